The van der Waals surface area contributed by atoms with Crippen LogP contribution in [0, 0.1) is 17.8 Å². The number of alkyl carbamates (subject to hydrolysis) is 1. The minimum Gasteiger partial charge on any atom is -0.465 e. The lowest BCUT2D eigenvalue weighted by Crippen LogP contribution is -2.53. The smallest absolute Gasteiger partial charge is 0.407 e. The number of amides is 4. The van der Waals surface area contributed by atoms with E-state index >= 15 is 0 Å². The fourth-order valence-corrected chi connectivity index (χ4v) is 9.00. The van der Waals surface area contributed by atoms with E-state index < -0.39 is 24.3 Å². The van der Waals surface area contributed by atoms with Crippen LogP contribution < -0.4 is 10.6 Å². The zero-order valence-electron chi connectivity index (χ0n) is 34.9. The van der Waals surface area contributed by atoms with Crippen molar-refractivity contribution in [3.05, 3.63) is 72.6 Å². The van der Waals surface area contributed by atoms with E-state index in [2.05, 4.69) is 44.9 Å². The van der Waals surface area contributed by atoms with E-state index in [0.29, 0.717) is 57.3 Å². The average molecular weight is 825 g/mol. The Morgan fingerprint density at radius 1 is 0.817 bits per heavy atom. The Bertz CT molecular complexity index is 2110. The monoisotopic (exact) mass is 824 g/mol. The Hall–Kier alpha value is -5.74. The van der Waals surface area contributed by atoms with Crippen LogP contribution in [0.4, 0.5) is 9.59 Å². The van der Waals surface area contributed by atoms with Crippen molar-refractivity contribution in [3.63, 3.8) is 0 Å². The van der Waals surface area contributed by atoms with Crippen molar-refractivity contribution in [1.29, 1.82) is 0 Å². The lowest BCUT2D eigenvalue weighted by atomic mass is 9.90. The molecule has 0 saturated carbocycles. The van der Waals surface area contributed by atoms with E-state index in [0.717, 1.165) is 46.5 Å². The summed E-state index contributed by atoms with van der Waals surface area (Å²) in [5.41, 5.74) is 5.62. The van der Waals surface area contributed by atoms with Crippen molar-refractivity contribution in [2.75, 3.05) is 40.6 Å². The number of carbonyl (C=O) groups is 4. The number of aromatic nitrogens is 4. The summed E-state index contributed by atoms with van der Waals surface area (Å²) in [4.78, 5) is 71.7. The second kappa shape index (κ2) is 18.7. The average Bonchev–Trinajstić information content (AvgIpc) is 4.09. The van der Waals surface area contributed by atoms with Crippen molar-refractivity contribution < 1.29 is 38.5 Å². The number of nitrogens with zero attached hydrogens (tertiary/aromatic N) is 4. The highest BCUT2D eigenvalue weighted by atomic mass is 16.5. The van der Waals surface area contributed by atoms with E-state index in [1.54, 1.807) is 24.4 Å². The number of nitrogens with one attached hydrogen (secondary N) is 4. The van der Waals surface area contributed by atoms with Gasteiger partial charge in [-0.15, -0.1) is 0 Å². The molecule has 320 valence electrons. The van der Waals surface area contributed by atoms with E-state index in [4.69, 9.17) is 24.2 Å². The van der Waals surface area contributed by atoms with Crippen molar-refractivity contribution >= 4 is 24.0 Å². The van der Waals surface area contributed by atoms with Crippen molar-refractivity contribution in [3.8, 4) is 33.6 Å². The Balaban J connectivity index is 1.03. The molecular weight excluding hydrogens is 769 g/mol. The largest absolute Gasteiger partial charge is 0.465 e. The number of likely N-dealkylation sites (tertiary alicyclic amines) is 2. The third-order valence-electron chi connectivity index (χ3n) is 12.2. The molecule has 3 aliphatic heterocycles. The summed E-state index contributed by atoms with van der Waals surface area (Å²) in [6.45, 7) is 7.73. The van der Waals surface area contributed by atoms with Crippen LogP contribution in [0.1, 0.15) is 76.6 Å². The number of aromatic amines is 2. The molecule has 6 atom stereocenters. The van der Waals surface area contributed by atoms with Crippen LogP contribution in [0.25, 0.3) is 33.6 Å². The van der Waals surface area contributed by atoms with Crippen molar-refractivity contribution in [2.45, 2.75) is 83.1 Å². The normalized spacial score (nSPS) is 21.8. The number of benzene rings is 2. The van der Waals surface area contributed by atoms with Gasteiger partial charge in [-0.3, -0.25) is 9.59 Å². The fraction of sp³-hybridized carbons (Fsp3) is 0.500. The lowest BCUT2D eigenvalue weighted by Gasteiger charge is -2.34. The second-order valence-corrected chi connectivity index (χ2v) is 16.5. The molecule has 5 N–H and O–H groups in total. The third-order valence-corrected chi connectivity index (χ3v) is 12.2. The van der Waals surface area contributed by atoms with Gasteiger partial charge in [0.15, 0.2) is 0 Å². The van der Waals surface area contributed by atoms with Crippen LogP contribution >= 0.6 is 0 Å². The molecule has 60 heavy (non-hydrogen) atoms. The van der Waals surface area contributed by atoms with Crippen LogP contribution in [0.2, 0.25) is 0 Å². The molecule has 5 heterocycles. The predicted molar refractivity (Wildman–Crippen MR) is 222 cm³/mol. The first-order chi connectivity index (χ1) is 28.9. The molecule has 0 spiro atoms. The number of methoxy groups -OCH3 is 2. The van der Waals surface area contributed by atoms with Gasteiger partial charge in [0.05, 0.1) is 49.6 Å². The minimum absolute atomic E-state index is 0.00935. The SMILES string of the molecule is COC[C@H]1C[C@@H](c2ncc(-c3ccc(-c4ccc(-c5cnc([C@@H]6CC[C@H](C)N6C(=O)[C@@H](NC(=O)OC)C(C)C)[nH]5)cc4)cc3)[nH]2)N(C(=O)[C@@H](NC(=O)O)C2CCOCC2)C1. The molecule has 16 heteroatoms. The maximum absolute atomic E-state index is 14.1. The summed E-state index contributed by atoms with van der Waals surface area (Å²) in [5.74, 6) is 0.765. The van der Waals surface area contributed by atoms with Gasteiger partial charge in [0.2, 0.25) is 11.8 Å². The molecule has 3 aliphatic rings. The number of H-pyrrole nitrogens is 2. The van der Waals surface area contributed by atoms with Crippen molar-refractivity contribution in [1.82, 2.24) is 40.4 Å². The van der Waals surface area contributed by atoms with Crippen LogP contribution in [-0.4, -0.2) is 118 Å². The molecule has 4 aromatic rings. The van der Waals surface area contributed by atoms with Crippen LogP contribution in [0.3, 0.4) is 0 Å². The summed E-state index contributed by atoms with van der Waals surface area (Å²) in [7, 11) is 2.93. The Morgan fingerprint density at radius 2 is 1.38 bits per heavy atom. The predicted octanol–water partition coefficient (Wildman–Crippen LogP) is 6.17. The van der Waals surface area contributed by atoms with Gasteiger partial charge in [0.1, 0.15) is 23.7 Å². The first-order valence-electron chi connectivity index (χ1n) is 20.8. The molecule has 0 radical (unpaired) electrons. The van der Waals surface area contributed by atoms with Crippen LogP contribution in [0.15, 0.2) is 60.9 Å². The molecule has 0 bridgehead atoms. The number of rotatable bonds is 13. The highest BCUT2D eigenvalue weighted by Crippen LogP contribution is 2.39. The van der Waals surface area contributed by atoms with Gasteiger partial charge in [0, 0.05) is 38.8 Å². The Kier molecular flexibility index (Phi) is 13.2. The topological polar surface area (TPSA) is 204 Å². The minimum atomic E-state index is -1.22. The lowest BCUT2D eigenvalue weighted by molar-refractivity contribution is -0.138. The highest BCUT2D eigenvalue weighted by molar-refractivity contribution is 5.87. The van der Waals surface area contributed by atoms with E-state index in [-0.39, 0.29) is 47.7 Å². The number of ether oxygens (including phenoxy) is 3. The highest BCUT2D eigenvalue weighted by Gasteiger charge is 2.44. The summed E-state index contributed by atoms with van der Waals surface area (Å²) in [5, 5.41) is 14.9. The molecule has 16 nitrogen and oxygen atoms in total. The van der Waals surface area contributed by atoms with Gasteiger partial charge in [-0.1, -0.05) is 62.4 Å². The molecule has 3 fully saturated rings. The Morgan fingerprint density at radius 3 is 1.92 bits per heavy atom. The molecule has 7 rings (SSSR count). The number of hydrogen-bond acceptors (Lipinski definition) is 9. The Labute approximate surface area is 349 Å². The summed E-state index contributed by atoms with van der Waals surface area (Å²) < 4.78 is 15.7. The zero-order valence-corrected chi connectivity index (χ0v) is 34.9. The van der Waals surface area contributed by atoms with Gasteiger partial charge in [-0.25, -0.2) is 19.6 Å². The van der Waals surface area contributed by atoms with Gasteiger partial charge in [0.25, 0.3) is 0 Å². The van der Waals surface area contributed by atoms with Gasteiger partial charge in [-0.2, -0.15) is 0 Å². The molecular formula is C44H56N8O8. The van der Waals surface area contributed by atoms with Gasteiger partial charge < -0.3 is 49.7 Å². The second-order valence-electron chi connectivity index (χ2n) is 16.5. The zero-order chi connectivity index (χ0) is 42.5. The number of hydrogen-bond donors (Lipinski definition) is 5. The first-order valence-corrected chi connectivity index (χ1v) is 20.8. The number of imidazole rings is 2. The van der Waals surface area contributed by atoms with Gasteiger partial charge >= 0.3 is 12.2 Å². The quantitative estimate of drug-likeness (QED) is 0.104. The van der Waals surface area contributed by atoms with E-state index in [1.165, 1.54) is 7.11 Å². The maximum Gasteiger partial charge on any atom is 0.407 e. The van der Waals surface area contributed by atoms with E-state index in [1.807, 2.05) is 49.9 Å². The standard InChI is InChI=1S/C44H56N8O8/c1-25(2)37(50-44(57)59-5)42(54)52-26(3)6-15-35(52)39-45-21-33(47-39)30-11-7-28(8-12-30)29-9-13-31(14-10-29)34-22-46-40(48-34)36-20-27(24-58-4)23-51(36)41(53)38(49-43(55)56)32-16-18-60-19-17-32/h7-14,21-22,25-27,32,35-38,49H,6,15-20,23-24H2,1-5H3,(H,45,47)(H,46,48)(H,50,57)(H,55,56)/t26-,27-,35-,36-,37-,38-/m0/s1. The molecule has 0 unspecified atom stereocenters. The van der Waals surface area contributed by atoms with Gasteiger partial charge in [-0.05, 0) is 73.1 Å². The van der Waals surface area contributed by atoms with Crippen molar-refractivity contribution in [2.24, 2.45) is 17.8 Å². The van der Waals surface area contributed by atoms with Crippen LogP contribution in [0.5, 0.6) is 0 Å². The molecule has 4 amide bonds. The molecule has 3 saturated heterocycles. The maximum atomic E-state index is 14.1. The number of carboxylic acid groups (broad SMARTS) is 1. The molecule has 2 aromatic heterocycles. The van der Waals surface area contributed by atoms with E-state index in [9.17, 15) is 24.3 Å². The molecule has 2 aromatic carbocycles. The van der Waals surface area contributed by atoms with Crippen LogP contribution in [-0.2, 0) is 23.8 Å². The third kappa shape index (κ3) is 9.19. The summed E-state index contributed by atoms with van der Waals surface area (Å²) in [6, 6.07) is 14.2. The summed E-state index contributed by atoms with van der Waals surface area (Å²) in [6.07, 6.45) is 5.16. The fourth-order valence-electron chi connectivity index (χ4n) is 9.00. The number of carbonyl (C=O) groups excluding carboxylic acids is 3. The molecule has 0 aliphatic carbocycles. The first kappa shape index (κ1) is 42.4. The summed E-state index contributed by atoms with van der Waals surface area (Å²) >= 11 is 0.